The Balaban J connectivity index is 2.26. The van der Waals surface area contributed by atoms with Crippen LogP contribution in [0.3, 0.4) is 0 Å². The van der Waals surface area contributed by atoms with Crippen LogP contribution in [0.1, 0.15) is 24.5 Å². The summed E-state index contributed by atoms with van der Waals surface area (Å²) < 4.78 is 1.12. The number of rotatable bonds is 5. The van der Waals surface area contributed by atoms with Crippen LogP contribution in [0.15, 0.2) is 46.9 Å². The van der Waals surface area contributed by atoms with Crippen molar-refractivity contribution in [2.45, 2.75) is 26.8 Å². The zero-order chi connectivity index (χ0) is 13.7. The molecule has 0 aliphatic heterocycles. The third kappa shape index (κ3) is 3.92. The molecule has 0 aliphatic rings. The van der Waals surface area contributed by atoms with E-state index in [4.69, 9.17) is 0 Å². The molecule has 0 fully saturated rings. The SMILES string of the molecule is CCCNCc1ccc(C)c(-c2cccc(Br)c2)c1. The van der Waals surface area contributed by atoms with Gasteiger partial charge in [-0.3, -0.25) is 0 Å². The highest BCUT2D eigenvalue weighted by atomic mass is 79.9. The third-order valence-corrected chi connectivity index (χ3v) is 3.69. The van der Waals surface area contributed by atoms with Gasteiger partial charge in [0.05, 0.1) is 0 Å². The fourth-order valence-electron chi connectivity index (χ4n) is 2.16. The van der Waals surface area contributed by atoms with Crippen LogP contribution >= 0.6 is 15.9 Å². The van der Waals surface area contributed by atoms with Crippen LogP contribution in [0.2, 0.25) is 0 Å². The van der Waals surface area contributed by atoms with Crippen molar-refractivity contribution in [1.82, 2.24) is 5.32 Å². The first-order chi connectivity index (χ1) is 9.20. The highest BCUT2D eigenvalue weighted by Gasteiger charge is 2.04. The molecule has 0 saturated carbocycles. The maximum Gasteiger partial charge on any atom is 0.0205 e. The third-order valence-electron chi connectivity index (χ3n) is 3.19. The van der Waals surface area contributed by atoms with Crippen molar-refractivity contribution in [3.63, 3.8) is 0 Å². The minimum absolute atomic E-state index is 0.940. The van der Waals surface area contributed by atoms with Gasteiger partial charge >= 0.3 is 0 Å². The topological polar surface area (TPSA) is 12.0 Å². The summed E-state index contributed by atoms with van der Waals surface area (Å²) in [5.74, 6) is 0. The molecule has 0 aromatic heterocycles. The molecule has 0 aliphatic carbocycles. The van der Waals surface area contributed by atoms with Crippen LogP contribution < -0.4 is 5.32 Å². The molecule has 1 nitrogen and oxygen atoms in total. The fraction of sp³-hybridized carbons (Fsp3) is 0.294. The van der Waals surface area contributed by atoms with E-state index in [0.717, 1.165) is 17.6 Å². The summed E-state index contributed by atoms with van der Waals surface area (Å²) in [6.45, 7) is 6.36. The summed E-state index contributed by atoms with van der Waals surface area (Å²) in [7, 11) is 0. The van der Waals surface area contributed by atoms with Gasteiger partial charge in [-0.25, -0.2) is 0 Å². The summed E-state index contributed by atoms with van der Waals surface area (Å²) >= 11 is 3.54. The Morgan fingerprint density at radius 2 is 1.95 bits per heavy atom. The molecule has 0 heterocycles. The first-order valence-corrected chi connectivity index (χ1v) is 7.56. The van der Waals surface area contributed by atoms with E-state index in [-0.39, 0.29) is 0 Å². The molecule has 1 N–H and O–H groups in total. The number of hydrogen-bond donors (Lipinski definition) is 1. The van der Waals surface area contributed by atoms with Gasteiger partial charge in [-0.05, 0) is 60.3 Å². The van der Waals surface area contributed by atoms with Gasteiger partial charge in [0.2, 0.25) is 0 Å². The predicted molar refractivity (Wildman–Crippen MR) is 86.3 cm³/mol. The Bertz CT molecular complexity index is 549. The van der Waals surface area contributed by atoms with Crippen molar-refractivity contribution in [3.05, 3.63) is 58.1 Å². The summed E-state index contributed by atoms with van der Waals surface area (Å²) in [6, 6.07) is 15.2. The Morgan fingerprint density at radius 1 is 1.11 bits per heavy atom. The summed E-state index contributed by atoms with van der Waals surface area (Å²) in [5, 5.41) is 3.45. The molecule has 0 spiro atoms. The Kier molecular flexibility index (Phi) is 5.17. The van der Waals surface area contributed by atoms with E-state index in [0.29, 0.717) is 0 Å². The van der Waals surface area contributed by atoms with Gasteiger partial charge < -0.3 is 5.32 Å². The standard InChI is InChI=1S/C17H20BrN/c1-3-9-19-12-14-8-7-13(2)17(10-14)15-5-4-6-16(18)11-15/h4-8,10-11,19H,3,9,12H2,1-2H3. The monoisotopic (exact) mass is 317 g/mol. The molecule has 2 aromatic rings. The second-order valence-corrected chi connectivity index (χ2v) is 5.75. The molecule has 2 heteroatoms. The molecule has 0 bridgehead atoms. The lowest BCUT2D eigenvalue weighted by Gasteiger charge is -2.10. The molecule has 2 aromatic carbocycles. The molecule has 0 radical (unpaired) electrons. The molecule has 0 saturated heterocycles. The average molecular weight is 318 g/mol. The van der Waals surface area contributed by atoms with E-state index in [1.807, 2.05) is 0 Å². The van der Waals surface area contributed by atoms with Crippen LogP contribution in [0.4, 0.5) is 0 Å². The van der Waals surface area contributed by atoms with Gasteiger partial charge in [0.15, 0.2) is 0 Å². The van der Waals surface area contributed by atoms with Gasteiger partial charge in [0, 0.05) is 11.0 Å². The fourth-order valence-corrected chi connectivity index (χ4v) is 2.55. The zero-order valence-corrected chi connectivity index (χ0v) is 13.1. The van der Waals surface area contributed by atoms with E-state index >= 15 is 0 Å². The lowest BCUT2D eigenvalue weighted by molar-refractivity contribution is 0.675. The molecular weight excluding hydrogens is 298 g/mol. The lowest BCUT2D eigenvalue weighted by atomic mass is 9.98. The lowest BCUT2D eigenvalue weighted by Crippen LogP contribution is -2.13. The van der Waals surface area contributed by atoms with E-state index in [1.165, 1.54) is 28.7 Å². The molecular formula is C17H20BrN. The number of aryl methyl sites for hydroxylation is 1. The van der Waals surface area contributed by atoms with Crippen molar-refractivity contribution < 1.29 is 0 Å². The van der Waals surface area contributed by atoms with Crippen molar-refractivity contribution in [2.75, 3.05) is 6.54 Å². The van der Waals surface area contributed by atoms with Crippen LogP contribution in [-0.2, 0) is 6.54 Å². The van der Waals surface area contributed by atoms with Gasteiger partial charge in [-0.2, -0.15) is 0 Å². The molecule has 2 rings (SSSR count). The number of benzene rings is 2. The maximum absolute atomic E-state index is 3.54. The predicted octanol–water partition coefficient (Wildman–Crippen LogP) is 4.92. The zero-order valence-electron chi connectivity index (χ0n) is 11.5. The van der Waals surface area contributed by atoms with Crippen molar-refractivity contribution in [2.24, 2.45) is 0 Å². The first-order valence-electron chi connectivity index (χ1n) is 6.77. The van der Waals surface area contributed by atoms with Crippen LogP contribution in [0.25, 0.3) is 11.1 Å². The Hall–Kier alpha value is -1.12. The average Bonchev–Trinajstić information content (AvgIpc) is 2.41. The van der Waals surface area contributed by atoms with Gasteiger partial charge in [-0.1, -0.05) is 47.1 Å². The maximum atomic E-state index is 3.54. The Morgan fingerprint density at radius 3 is 2.68 bits per heavy atom. The summed E-state index contributed by atoms with van der Waals surface area (Å²) in [4.78, 5) is 0. The van der Waals surface area contributed by atoms with Gasteiger partial charge in [-0.15, -0.1) is 0 Å². The highest BCUT2D eigenvalue weighted by Crippen LogP contribution is 2.27. The molecule has 19 heavy (non-hydrogen) atoms. The molecule has 0 unspecified atom stereocenters. The largest absolute Gasteiger partial charge is 0.313 e. The van der Waals surface area contributed by atoms with Crippen molar-refractivity contribution in [1.29, 1.82) is 0 Å². The molecule has 0 atom stereocenters. The first kappa shape index (κ1) is 14.3. The molecule has 100 valence electrons. The van der Waals surface area contributed by atoms with Crippen LogP contribution in [0, 0.1) is 6.92 Å². The van der Waals surface area contributed by atoms with E-state index in [9.17, 15) is 0 Å². The van der Waals surface area contributed by atoms with Crippen LogP contribution in [0.5, 0.6) is 0 Å². The van der Waals surface area contributed by atoms with Gasteiger partial charge in [0.25, 0.3) is 0 Å². The van der Waals surface area contributed by atoms with Crippen molar-refractivity contribution in [3.8, 4) is 11.1 Å². The highest BCUT2D eigenvalue weighted by molar-refractivity contribution is 9.10. The van der Waals surface area contributed by atoms with E-state index < -0.39 is 0 Å². The summed E-state index contributed by atoms with van der Waals surface area (Å²) in [5.41, 5.74) is 5.24. The summed E-state index contributed by atoms with van der Waals surface area (Å²) in [6.07, 6.45) is 1.17. The van der Waals surface area contributed by atoms with Crippen LogP contribution in [-0.4, -0.2) is 6.54 Å². The smallest absolute Gasteiger partial charge is 0.0205 e. The molecule has 0 amide bonds. The number of hydrogen-bond acceptors (Lipinski definition) is 1. The number of halogens is 1. The van der Waals surface area contributed by atoms with E-state index in [1.54, 1.807) is 0 Å². The second-order valence-electron chi connectivity index (χ2n) is 4.84. The van der Waals surface area contributed by atoms with Crippen molar-refractivity contribution >= 4 is 15.9 Å². The normalized spacial score (nSPS) is 10.7. The van der Waals surface area contributed by atoms with Gasteiger partial charge in [0.1, 0.15) is 0 Å². The Labute approximate surface area is 124 Å². The minimum Gasteiger partial charge on any atom is -0.313 e. The quantitative estimate of drug-likeness (QED) is 0.771. The van der Waals surface area contributed by atoms with E-state index in [2.05, 4.69) is 77.6 Å². The second kappa shape index (κ2) is 6.88. The minimum atomic E-state index is 0.940. The number of nitrogens with one attached hydrogen (secondary N) is 1.